The van der Waals surface area contributed by atoms with Crippen LogP contribution in [0.3, 0.4) is 0 Å². The second kappa shape index (κ2) is 5.81. The molecule has 0 spiro atoms. The Morgan fingerprint density at radius 2 is 2.25 bits per heavy atom. The van der Waals surface area contributed by atoms with Gasteiger partial charge in [0.15, 0.2) is 0 Å². The molecule has 0 bridgehead atoms. The van der Waals surface area contributed by atoms with Crippen molar-refractivity contribution in [1.82, 2.24) is 10.2 Å². The number of aryl methyl sites for hydroxylation is 1. The van der Waals surface area contributed by atoms with Crippen LogP contribution in [0.2, 0.25) is 0 Å². The van der Waals surface area contributed by atoms with Crippen LogP contribution in [0, 0.1) is 6.92 Å². The monoisotopic (exact) mass is 347 g/mol. The minimum atomic E-state index is 0.756. The standard InChI is InChI=1S/C15H14BrN3S/c1-10-7-12(16)4-5-13(10)17-8-11-9-18-19-15(11)14-3-2-6-20-14/h2-7,9,17H,8H2,1H3,(H,18,19). The number of hydrogen-bond donors (Lipinski definition) is 2. The molecule has 5 heteroatoms. The second-order valence-electron chi connectivity index (χ2n) is 4.56. The molecule has 3 rings (SSSR count). The van der Waals surface area contributed by atoms with Crippen LogP contribution in [0.25, 0.3) is 10.6 Å². The lowest BCUT2D eigenvalue weighted by molar-refractivity contribution is 1.10. The van der Waals surface area contributed by atoms with Crippen LogP contribution >= 0.6 is 27.3 Å². The predicted octanol–water partition coefficient (Wildman–Crippen LogP) is 4.82. The Balaban J connectivity index is 1.78. The highest BCUT2D eigenvalue weighted by Gasteiger charge is 2.08. The van der Waals surface area contributed by atoms with E-state index in [1.807, 2.05) is 12.3 Å². The van der Waals surface area contributed by atoms with Crippen LogP contribution in [0.5, 0.6) is 0 Å². The molecule has 0 radical (unpaired) electrons. The van der Waals surface area contributed by atoms with Gasteiger partial charge >= 0.3 is 0 Å². The maximum Gasteiger partial charge on any atom is 0.0799 e. The third kappa shape index (κ3) is 2.78. The predicted molar refractivity (Wildman–Crippen MR) is 88.1 cm³/mol. The number of anilines is 1. The SMILES string of the molecule is Cc1cc(Br)ccc1NCc1cn[nH]c1-c1cccs1. The van der Waals surface area contributed by atoms with E-state index < -0.39 is 0 Å². The van der Waals surface area contributed by atoms with Gasteiger partial charge in [0, 0.05) is 22.3 Å². The highest BCUT2D eigenvalue weighted by molar-refractivity contribution is 9.10. The van der Waals surface area contributed by atoms with Crippen LogP contribution in [-0.4, -0.2) is 10.2 Å². The zero-order valence-electron chi connectivity index (χ0n) is 11.0. The molecule has 2 aromatic heterocycles. The van der Waals surface area contributed by atoms with Crippen molar-refractivity contribution in [1.29, 1.82) is 0 Å². The maximum atomic E-state index is 4.16. The first kappa shape index (κ1) is 13.4. The maximum absolute atomic E-state index is 4.16. The molecule has 0 unspecified atom stereocenters. The van der Waals surface area contributed by atoms with E-state index in [1.165, 1.54) is 16.0 Å². The van der Waals surface area contributed by atoms with Gasteiger partial charge < -0.3 is 5.32 Å². The lowest BCUT2D eigenvalue weighted by Crippen LogP contribution is -2.01. The van der Waals surface area contributed by atoms with E-state index in [4.69, 9.17) is 0 Å². The molecule has 0 saturated heterocycles. The molecular formula is C15H14BrN3S. The van der Waals surface area contributed by atoms with E-state index in [0.717, 1.165) is 22.4 Å². The Bertz CT molecular complexity index is 704. The molecule has 0 aliphatic rings. The number of aromatic nitrogens is 2. The topological polar surface area (TPSA) is 40.7 Å². The summed E-state index contributed by atoms with van der Waals surface area (Å²) in [4.78, 5) is 1.21. The van der Waals surface area contributed by atoms with Gasteiger partial charge in [-0.15, -0.1) is 11.3 Å². The van der Waals surface area contributed by atoms with Crippen molar-refractivity contribution < 1.29 is 0 Å². The molecule has 1 aromatic carbocycles. The van der Waals surface area contributed by atoms with Crippen molar-refractivity contribution in [3.05, 3.63) is 57.5 Å². The third-order valence-corrected chi connectivity index (χ3v) is 4.52. The highest BCUT2D eigenvalue weighted by Crippen LogP contribution is 2.27. The van der Waals surface area contributed by atoms with Crippen molar-refractivity contribution in [2.24, 2.45) is 0 Å². The minimum Gasteiger partial charge on any atom is -0.381 e. The number of H-pyrrole nitrogens is 1. The summed E-state index contributed by atoms with van der Waals surface area (Å²) in [6.45, 7) is 2.86. The molecule has 102 valence electrons. The second-order valence-corrected chi connectivity index (χ2v) is 6.42. The number of nitrogens with one attached hydrogen (secondary N) is 2. The molecule has 0 amide bonds. The number of thiophene rings is 1. The molecule has 0 atom stereocenters. The Kier molecular flexibility index (Phi) is 3.89. The molecule has 20 heavy (non-hydrogen) atoms. The molecule has 2 heterocycles. The minimum absolute atomic E-state index is 0.756. The van der Waals surface area contributed by atoms with Crippen LogP contribution in [0.15, 0.2) is 46.4 Å². The molecule has 0 fully saturated rings. The molecule has 2 N–H and O–H groups in total. The molecule has 3 nitrogen and oxygen atoms in total. The van der Waals surface area contributed by atoms with Gasteiger partial charge in [0.1, 0.15) is 0 Å². The van der Waals surface area contributed by atoms with Gasteiger partial charge in [-0.3, -0.25) is 5.10 Å². The van der Waals surface area contributed by atoms with Crippen molar-refractivity contribution >= 4 is 33.0 Å². The Morgan fingerprint density at radius 1 is 1.35 bits per heavy atom. The van der Waals surface area contributed by atoms with Gasteiger partial charge in [-0.25, -0.2) is 0 Å². The molecular weight excluding hydrogens is 334 g/mol. The van der Waals surface area contributed by atoms with E-state index in [1.54, 1.807) is 11.3 Å². The van der Waals surface area contributed by atoms with Gasteiger partial charge in [-0.05, 0) is 42.1 Å². The summed E-state index contributed by atoms with van der Waals surface area (Å²) in [6, 6.07) is 10.4. The fraction of sp³-hybridized carbons (Fsp3) is 0.133. The van der Waals surface area contributed by atoms with Crippen molar-refractivity contribution in [2.45, 2.75) is 13.5 Å². The summed E-state index contributed by atoms with van der Waals surface area (Å²) in [6.07, 6.45) is 1.89. The van der Waals surface area contributed by atoms with Gasteiger partial charge in [0.05, 0.1) is 16.8 Å². The third-order valence-electron chi connectivity index (χ3n) is 3.14. The number of rotatable bonds is 4. The number of nitrogens with zero attached hydrogens (tertiary/aromatic N) is 1. The average molecular weight is 348 g/mol. The number of halogens is 1. The first-order valence-corrected chi connectivity index (χ1v) is 7.97. The van der Waals surface area contributed by atoms with Crippen LogP contribution < -0.4 is 5.32 Å². The number of hydrogen-bond acceptors (Lipinski definition) is 3. The van der Waals surface area contributed by atoms with Crippen LogP contribution in [-0.2, 0) is 6.54 Å². The van der Waals surface area contributed by atoms with Crippen LogP contribution in [0.4, 0.5) is 5.69 Å². The highest BCUT2D eigenvalue weighted by atomic mass is 79.9. The molecule has 0 aliphatic heterocycles. The number of benzene rings is 1. The summed E-state index contributed by atoms with van der Waals surface area (Å²) < 4.78 is 1.10. The van der Waals surface area contributed by atoms with Gasteiger partial charge in [0.25, 0.3) is 0 Å². The van der Waals surface area contributed by atoms with Crippen molar-refractivity contribution in [3.63, 3.8) is 0 Å². The zero-order valence-corrected chi connectivity index (χ0v) is 13.4. The lowest BCUT2D eigenvalue weighted by Gasteiger charge is -2.09. The molecule has 3 aromatic rings. The average Bonchev–Trinajstić information content (AvgIpc) is 3.08. The van der Waals surface area contributed by atoms with E-state index in [2.05, 4.69) is 68.0 Å². The Morgan fingerprint density at radius 3 is 3.00 bits per heavy atom. The summed E-state index contributed by atoms with van der Waals surface area (Å²) in [5.74, 6) is 0. The summed E-state index contributed by atoms with van der Waals surface area (Å²) >= 11 is 5.20. The normalized spacial score (nSPS) is 10.7. The smallest absolute Gasteiger partial charge is 0.0799 e. The van der Waals surface area contributed by atoms with E-state index in [0.29, 0.717) is 0 Å². The zero-order chi connectivity index (χ0) is 13.9. The van der Waals surface area contributed by atoms with Crippen molar-refractivity contribution in [3.8, 4) is 10.6 Å². The van der Waals surface area contributed by atoms with E-state index in [9.17, 15) is 0 Å². The lowest BCUT2D eigenvalue weighted by atomic mass is 10.2. The summed E-state index contributed by atoms with van der Waals surface area (Å²) in [5, 5.41) is 12.8. The van der Waals surface area contributed by atoms with Crippen LogP contribution in [0.1, 0.15) is 11.1 Å². The Labute approximate surface area is 130 Å². The number of aromatic amines is 1. The quantitative estimate of drug-likeness (QED) is 0.710. The van der Waals surface area contributed by atoms with Gasteiger partial charge in [-0.2, -0.15) is 5.10 Å². The van der Waals surface area contributed by atoms with Crippen molar-refractivity contribution in [2.75, 3.05) is 5.32 Å². The van der Waals surface area contributed by atoms with Gasteiger partial charge in [0.2, 0.25) is 0 Å². The largest absolute Gasteiger partial charge is 0.381 e. The summed E-state index contributed by atoms with van der Waals surface area (Å²) in [5.41, 5.74) is 4.64. The van der Waals surface area contributed by atoms with E-state index >= 15 is 0 Å². The fourth-order valence-corrected chi connectivity index (χ4v) is 3.33. The first-order valence-electron chi connectivity index (χ1n) is 6.30. The van der Waals surface area contributed by atoms with Gasteiger partial charge in [-0.1, -0.05) is 22.0 Å². The fourth-order valence-electron chi connectivity index (χ4n) is 2.10. The first-order chi connectivity index (χ1) is 9.74. The molecule has 0 saturated carbocycles. The summed E-state index contributed by atoms with van der Waals surface area (Å²) in [7, 11) is 0. The van der Waals surface area contributed by atoms with E-state index in [-0.39, 0.29) is 0 Å². The molecule has 0 aliphatic carbocycles. The Hall–Kier alpha value is -1.59.